The minimum absolute atomic E-state index is 0. The van der Waals surface area contributed by atoms with Crippen molar-refractivity contribution in [3.05, 3.63) is 0 Å². The van der Waals surface area contributed by atoms with Crippen LogP contribution in [0.1, 0.15) is 0 Å². The van der Waals surface area contributed by atoms with Crippen molar-refractivity contribution in [2.24, 2.45) is 0 Å². The normalized spacial score (nSPS) is 3.25. The first-order valence-electron chi connectivity index (χ1n) is 0.494. The average molecular weight is 257 g/mol. The molecule has 1 nitrogen and oxygen atoms in total. The topological polar surface area (TPSA) is 17.1 Å². The van der Waals surface area contributed by atoms with Gasteiger partial charge in [0.2, 0.25) is 0 Å². The third-order valence-electron chi connectivity index (χ3n) is 0. The second-order valence-corrected chi connectivity index (χ2v) is 0.316. The summed E-state index contributed by atoms with van der Waals surface area (Å²) in [5.41, 5.74) is 0.444. The van der Waals surface area contributed by atoms with Gasteiger partial charge in [-0.15, -0.1) is 12.6 Å². The second-order valence-electron chi connectivity index (χ2n) is 0.105. The standard InChI is InChI=1S/CH2OS.Pt/c2-1-3;/h1H,(H,2,3);. The van der Waals surface area contributed by atoms with Crippen molar-refractivity contribution >= 4 is 18.2 Å². The van der Waals surface area contributed by atoms with Crippen molar-refractivity contribution in [3.8, 4) is 0 Å². The summed E-state index contributed by atoms with van der Waals surface area (Å²) in [5.74, 6) is 0. The first-order valence-corrected chi connectivity index (χ1v) is 1.01. The van der Waals surface area contributed by atoms with E-state index in [-0.39, 0.29) is 21.1 Å². The first-order chi connectivity index (χ1) is 1.41. The Labute approximate surface area is 44.4 Å². The smallest absolute Gasteiger partial charge is 0.173 e. The van der Waals surface area contributed by atoms with Crippen molar-refractivity contribution in [2.75, 3.05) is 0 Å². The fraction of sp³-hybridized carbons (Fsp3) is 0. The van der Waals surface area contributed by atoms with Gasteiger partial charge in [0.25, 0.3) is 0 Å². The van der Waals surface area contributed by atoms with Crippen molar-refractivity contribution in [1.29, 1.82) is 0 Å². The van der Waals surface area contributed by atoms with Crippen LogP contribution in [-0.2, 0) is 25.9 Å². The van der Waals surface area contributed by atoms with Crippen LogP contribution in [0.5, 0.6) is 0 Å². The molecule has 0 saturated heterocycles. The van der Waals surface area contributed by atoms with Gasteiger partial charge < -0.3 is 0 Å². The molecule has 0 bridgehead atoms. The summed E-state index contributed by atoms with van der Waals surface area (Å²) in [6, 6.07) is 0. The van der Waals surface area contributed by atoms with E-state index in [1.165, 1.54) is 0 Å². The van der Waals surface area contributed by atoms with Crippen LogP contribution in [0.25, 0.3) is 0 Å². The van der Waals surface area contributed by atoms with Crippen molar-refractivity contribution in [3.63, 3.8) is 0 Å². The molecule has 0 spiro atoms. The third kappa shape index (κ3) is 15.8. The van der Waals surface area contributed by atoms with E-state index in [0.717, 1.165) is 0 Å². The summed E-state index contributed by atoms with van der Waals surface area (Å²) in [6.45, 7) is 0. The Morgan fingerprint density at radius 3 is 1.75 bits per heavy atom. The molecule has 0 fully saturated rings. The fourth-order valence-electron chi connectivity index (χ4n) is 0. The van der Waals surface area contributed by atoms with E-state index in [2.05, 4.69) is 12.6 Å². The Balaban J connectivity index is 0. The van der Waals surface area contributed by atoms with Gasteiger partial charge in [-0.05, 0) is 0 Å². The largest absolute Gasteiger partial charge is 0.291 e. The van der Waals surface area contributed by atoms with Gasteiger partial charge in [-0.25, -0.2) is 0 Å². The van der Waals surface area contributed by atoms with Crippen molar-refractivity contribution in [2.45, 2.75) is 0 Å². The molecule has 0 heterocycles. The molecular weight excluding hydrogens is 255 g/mol. The molecule has 0 atom stereocenters. The van der Waals surface area contributed by atoms with Crippen LogP contribution in [0, 0.1) is 0 Å². The minimum atomic E-state index is 0. The van der Waals surface area contributed by atoms with Gasteiger partial charge in [0.05, 0.1) is 0 Å². The Kier molecular flexibility index (Phi) is 20.6. The molecule has 4 heavy (non-hydrogen) atoms. The van der Waals surface area contributed by atoms with Gasteiger partial charge in [-0.2, -0.15) is 0 Å². The molecule has 0 aliphatic carbocycles. The van der Waals surface area contributed by atoms with Gasteiger partial charge in [-0.1, -0.05) is 0 Å². The molecule has 0 radical (unpaired) electrons. The van der Waals surface area contributed by atoms with E-state index >= 15 is 0 Å². The Morgan fingerprint density at radius 2 is 1.75 bits per heavy atom. The van der Waals surface area contributed by atoms with Crippen LogP contribution in [0.2, 0.25) is 0 Å². The zero-order valence-electron chi connectivity index (χ0n) is 1.75. The third-order valence-corrected chi connectivity index (χ3v) is 0. The van der Waals surface area contributed by atoms with E-state index in [9.17, 15) is 0 Å². The van der Waals surface area contributed by atoms with Crippen molar-refractivity contribution < 1.29 is 25.9 Å². The van der Waals surface area contributed by atoms with Crippen LogP contribution in [0.4, 0.5) is 0 Å². The maximum atomic E-state index is 8.67. The molecule has 0 unspecified atom stereocenters. The van der Waals surface area contributed by atoms with E-state index in [4.69, 9.17) is 4.79 Å². The molecule has 3 heteroatoms. The molecule has 0 aliphatic rings. The molecule has 0 aromatic carbocycles. The summed E-state index contributed by atoms with van der Waals surface area (Å²) in [7, 11) is 0. The molecule has 0 N–H and O–H groups in total. The molecule has 0 saturated carbocycles. The summed E-state index contributed by atoms with van der Waals surface area (Å²) < 4.78 is 0. The molecule has 0 amide bonds. The Bertz CT molecular complexity index is 15.5. The molecule has 0 aliphatic heterocycles. The van der Waals surface area contributed by atoms with Crippen LogP contribution >= 0.6 is 12.6 Å². The quantitative estimate of drug-likeness (QED) is 0.481. The molecule has 28 valence electrons. The van der Waals surface area contributed by atoms with Crippen LogP contribution in [0.3, 0.4) is 0 Å². The maximum absolute atomic E-state index is 8.67. The molecule has 0 aromatic rings. The zero-order chi connectivity index (χ0) is 2.71. The fourth-order valence-corrected chi connectivity index (χ4v) is 0. The average Bonchev–Trinajstić information content (AvgIpc) is 0.918. The predicted octanol–water partition coefficient (Wildman–Crippen LogP) is 0.104. The minimum Gasteiger partial charge on any atom is -0.291 e. The summed E-state index contributed by atoms with van der Waals surface area (Å²) in [5, 5.41) is 0. The predicted molar refractivity (Wildman–Crippen MR) is 15.7 cm³/mol. The van der Waals surface area contributed by atoms with Gasteiger partial charge in [0.1, 0.15) is 0 Å². The summed E-state index contributed by atoms with van der Waals surface area (Å²) in [4.78, 5) is 8.67. The number of carbonyl (C=O) groups is 1. The first kappa shape index (κ1) is 8.83. The Hall–Kier alpha value is 0.708. The zero-order valence-corrected chi connectivity index (χ0v) is 4.92. The second kappa shape index (κ2) is 9.32. The number of hydrogen-bond donors (Lipinski definition) is 1. The number of hydrogen-bond acceptors (Lipinski definition) is 1. The summed E-state index contributed by atoms with van der Waals surface area (Å²) >= 11 is 3.11. The van der Waals surface area contributed by atoms with Gasteiger partial charge >= 0.3 is 0 Å². The number of carbonyl (C=O) groups excluding carboxylic acids is 1. The number of thiol groups is 1. The van der Waals surface area contributed by atoms with Gasteiger partial charge in [0.15, 0.2) is 5.62 Å². The van der Waals surface area contributed by atoms with Gasteiger partial charge in [-0.3, -0.25) is 4.79 Å². The van der Waals surface area contributed by atoms with Crippen LogP contribution in [0.15, 0.2) is 0 Å². The molecule has 0 aromatic heterocycles. The van der Waals surface area contributed by atoms with Crippen LogP contribution in [-0.4, -0.2) is 5.62 Å². The van der Waals surface area contributed by atoms with Crippen molar-refractivity contribution in [1.82, 2.24) is 0 Å². The van der Waals surface area contributed by atoms with E-state index < -0.39 is 0 Å². The van der Waals surface area contributed by atoms with E-state index in [1.54, 1.807) is 0 Å². The Morgan fingerprint density at radius 1 is 1.75 bits per heavy atom. The number of rotatable bonds is 0. The monoisotopic (exact) mass is 257 g/mol. The van der Waals surface area contributed by atoms with Crippen LogP contribution < -0.4 is 0 Å². The van der Waals surface area contributed by atoms with E-state index in [0.29, 0.717) is 5.62 Å². The SMILES string of the molecule is O=CS.[Pt]. The summed E-state index contributed by atoms with van der Waals surface area (Å²) in [6.07, 6.45) is 0. The molecular formula is CH2OPtS. The van der Waals surface area contributed by atoms with Gasteiger partial charge in [0, 0.05) is 21.1 Å². The maximum Gasteiger partial charge on any atom is 0.173 e. The van der Waals surface area contributed by atoms with E-state index in [1.807, 2.05) is 0 Å². The molecule has 0 rings (SSSR count).